The Kier molecular flexibility index (Phi) is 4.44. The Morgan fingerprint density at radius 3 is 1.40 bits per heavy atom. The van der Waals surface area contributed by atoms with E-state index in [0.29, 0.717) is 0 Å². The van der Waals surface area contributed by atoms with Crippen molar-refractivity contribution in [2.75, 3.05) is 0 Å². The van der Waals surface area contributed by atoms with E-state index in [-0.39, 0.29) is 4.95 Å². The molecule has 0 fully saturated rings. The summed E-state index contributed by atoms with van der Waals surface area (Å²) in [5.41, 5.74) is 0. The number of aliphatic hydroxyl groups is 2. The summed E-state index contributed by atoms with van der Waals surface area (Å²) in [5, 5.41) is 18.2. The average molecular weight is 212 g/mol. The second-order valence-electron chi connectivity index (χ2n) is 2.28. The number of halogens is 1. The molecule has 0 saturated heterocycles. The van der Waals surface area contributed by atoms with Crippen molar-refractivity contribution in [3.63, 3.8) is 0 Å². The molecule has 0 bridgehead atoms. The van der Waals surface area contributed by atoms with Gasteiger partial charge in [0.05, 0.1) is 4.95 Å². The van der Waals surface area contributed by atoms with Crippen LogP contribution in [0.15, 0.2) is 0 Å². The van der Waals surface area contributed by atoms with Gasteiger partial charge in [-0.25, -0.2) is 4.90 Å². The van der Waals surface area contributed by atoms with Crippen LogP contribution in [-0.4, -0.2) is 32.5 Å². The Morgan fingerprint density at radius 1 is 1.10 bits per heavy atom. The van der Waals surface area contributed by atoms with E-state index in [1.807, 2.05) is 6.92 Å². The summed E-state index contributed by atoms with van der Waals surface area (Å²) in [6.07, 6.45) is -1.26. The maximum atomic E-state index is 9.09. The molecule has 3 atom stereocenters. The molecule has 10 heavy (non-hydrogen) atoms. The molecule has 0 saturated carbocycles. The summed E-state index contributed by atoms with van der Waals surface area (Å²) in [6.45, 7) is 5.08. The molecule has 0 rings (SSSR count). The van der Waals surface area contributed by atoms with E-state index >= 15 is 0 Å². The smallest absolute Gasteiger partial charge is 0.107 e. The van der Waals surface area contributed by atoms with Crippen LogP contribution in [0.2, 0.25) is 0 Å². The Labute approximate surface area is 69.8 Å². The number of alkyl halides is 1. The molecule has 0 aliphatic heterocycles. The van der Waals surface area contributed by atoms with Gasteiger partial charge in [-0.15, -0.1) is 0 Å². The number of hydrogen-bond acceptors (Lipinski definition) is 3. The molecule has 0 amide bonds. The monoisotopic (exact) mass is 211 g/mol. The fraction of sp³-hybridized carbons (Fsp3) is 1.00. The normalized spacial score (nSPS) is 20.7. The van der Waals surface area contributed by atoms with Gasteiger partial charge >= 0.3 is 0 Å². The van der Waals surface area contributed by atoms with Crippen LogP contribution in [0, 0.1) is 0 Å². The minimum absolute atomic E-state index is 0.0208. The SMILES string of the molecule is CC(O)N(C(C)O)C(C)Br. The largest absolute Gasteiger partial charge is 0.379 e. The van der Waals surface area contributed by atoms with Crippen LogP contribution in [-0.2, 0) is 0 Å². The van der Waals surface area contributed by atoms with Crippen molar-refractivity contribution in [3.8, 4) is 0 Å². The van der Waals surface area contributed by atoms with E-state index in [2.05, 4.69) is 15.9 Å². The lowest BCUT2D eigenvalue weighted by molar-refractivity contribution is -0.0866. The van der Waals surface area contributed by atoms with Gasteiger partial charge in [-0.3, -0.25) is 0 Å². The Hall–Kier alpha value is 0.360. The van der Waals surface area contributed by atoms with Gasteiger partial charge in [0.1, 0.15) is 12.5 Å². The van der Waals surface area contributed by atoms with Crippen molar-refractivity contribution >= 4 is 15.9 Å². The maximum Gasteiger partial charge on any atom is 0.107 e. The number of hydrogen-bond donors (Lipinski definition) is 2. The van der Waals surface area contributed by atoms with E-state index < -0.39 is 12.5 Å². The topological polar surface area (TPSA) is 43.7 Å². The zero-order chi connectivity index (χ0) is 8.31. The minimum Gasteiger partial charge on any atom is -0.379 e. The zero-order valence-corrected chi connectivity index (χ0v) is 8.04. The summed E-state index contributed by atoms with van der Waals surface area (Å²) in [5.74, 6) is 0. The van der Waals surface area contributed by atoms with Gasteiger partial charge in [0.15, 0.2) is 0 Å². The van der Waals surface area contributed by atoms with Crippen LogP contribution < -0.4 is 0 Å². The lowest BCUT2D eigenvalue weighted by Gasteiger charge is -2.30. The molecule has 4 heteroatoms. The molecule has 2 N–H and O–H groups in total. The third-order valence-electron chi connectivity index (χ3n) is 1.27. The molecule has 0 aromatic carbocycles. The van der Waals surface area contributed by atoms with Gasteiger partial charge in [-0.1, -0.05) is 15.9 Å². The number of nitrogens with zero attached hydrogens (tertiary/aromatic N) is 1. The predicted molar refractivity (Wildman–Crippen MR) is 43.6 cm³/mol. The molecule has 62 valence electrons. The molecule has 0 radical (unpaired) electrons. The van der Waals surface area contributed by atoms with Crippen LogP contribution >= 0.6 is 15.9 Å². The summed E-state index contributed by atoms with van der Waals surface area (Å²) >= 11 is 3.25. The zero-order valence-electron chi connectivity index (χ0n) is 6.45. The van der Waals surface area contributed by atoms with Crippen molar-refractivity contribution in [1.29, 1.82) is 0 Å². The lowest BCUT2D eigenvalue weighted by atomic mass is 10.4. The number of rotatable bonds is 3. The predicted octanol–water partition coefficient (Wildman–Crippen LogP) is 0.706. The molecule has 3 nitrogen and oxygen atoms in total. The van der Waals surface area contributed by atoms with Crippen molar-refractivity contribution in [1.82, 2.24) is 4.90 Å². The summed E-state index contributed by atoms with van der Waals surface area (Å²) in [4.78, 5) is 1.51. The molecule has 0 aliphatic rings. The van der Waals surface area contributed by atoms with Crippen molar-refractivity contribution in [3.05, 3.63) is 0 Å². The molecule has 0 aromatic rings. The first-order chi connectivity index (χ1) is 4.46. The van der Waals surface area contributed by atoms with Crippen LogP contribution in [0.3, 0.4) is 0 Å². The Morgan fingerprint density at radius 2 is 1.40 bits per heavy atom. The maximum absolute atomic E-state index is 9.09. The third kappa shape index (κ3) is 2.96. The molecular formula is C6H14BrNO2. The first kappa shape index (κ1) is 10.4. The second kappa shape index (κ2) is 4.28. The molecular weight excluding hydrogens is 198 g/mol. The highest BCUT2D eigenvalue weighted by Crippen LogP contribution is 2.11. The average Bonchev–Trinajstić information content (AvgIpc) is 1.59. The van der Waals surface area contributed by atoms with Gasteiger partial charge < -0.3 is 10.2 Å². The second-order valence-corrected chi connectivity index (χ2v) is 3.61. The van der Waals surface area contributed by atoms with Crippen molar-refractivity contribution in [2.45, 2.75) is 38.2 Å². The van der Waals surface area contributed by atoms with Crippen LogP contribution in [0.25, 0.3) is 0 Å². The van der Waals surface area contributed by atoms with Gasteiger partial charge in [0.2, 0.25) is 0 Å². The van der Waals surface area contributed by atoms with Crippen LogP contribution in [0.1, 0.15) is 20.8 Å². The standard InChI is InChI=1S/C6H14BrNO2/c1-4(7)8(5(2)9)6(3)10/h4-6,9-10H,1-3H3. The summed E-state index contributed by atoms with van der Waals surface area (Å²) < 4.78 is 0. The number of aliphatic hydroxyl groups excluding tert-OH is 2. The first-order valence-electron chi connectivity index (χ1n) is 3.24. The minimum atomic E-state index is -0.630. The Bertz CT molecular complexity index is 76.7. The summed E-state index contributed by atoms with van der Waals surface area (Å²) in [7, 11) is 0. The summed E-state index contributed by atoms with van der Waals surface area (Å²) in [6, 6.07) is 0. The van der Waals surface area contributed by atoms with Gasteiger partial charge in [-0.05, 0) is 20.8 Å². The molecule has 0 aliphatic carbocycles. The van der Waals surface area contributed by atoms with Gasteiger partial charge in [-0.2, -0.15) is 0 Å². The lowest BCUT2D eigenvalue weighted by Crippen LogP contribution is -2.43. The quantitative estimate of drug-likeness (QED) is 0.411. The molecule has 0 aromatic heterocycles. The van der Waals surface area contributed by atoms with E-state index in [1.165, 1.54) is 4.90 Å². The van der Waals surface area contributed by atoms with Crippen LogP contribution in [0.5, 0.6) is 0 Å². The van der Waals surface area contributed by atoms with Crippen molar-refractivity contribution < 1.29 is 10.2 Å². The Balaban J connectivity index is 3.98. The van der Waals surface area contributed by atoms with E-state index in [9.17, 15) is 0 Å². The highest BCUT2D eigenvalue weighted by molar-refractivity contribution is 9.09. The first-order valence-corrected chi connectivity index (χ1v) is 4.16. The third-order valence-corrected chi connectivity index (χ3v) is 1.75. The van der Waals surface area contributed by atoms with Gasteiger partial charge in [0, 0.05) is 0 Å². The van der Waals surface area contributed by atoms with E-state index in [1.54, 1.807) is 13.8 Å². The fourth-order valence-electron chi connectivity index (χ4n) is 0.907. The van der Waals surface area contributed by atoms with Crippen molar-refractivity contribution in [2.24, 2.45) is 0 Å². The fourth-order valence-corrected chi connectivity index (χ4v) is 1.59. The van der Waals surface area contributed by atoms with E-state index in [0.717, 1.165) is 0 Å². The highest BCUT2D eigenvalue weighted by Gasteiger charge is 2.19. The molecule has 3 unspecified atom stereocenters. The highest BCUT2D eigenvalue weighted by atomic mass is 79.9. The molecule has 0 spiro atoms. The molecule has 0 heterocycles. The van der Waals surface area contributed by atoms with E-state index in [4.69, 9.17) is 10.2 Å². The van der Waals surface area contributed by atoms with Crippen LogP contribution in [0.4, 0.5) is 0 Å². The van der Waals surface area contributed by atoms with Gasteiger partial charge in [0.25, 0.3) is 0 Å².